The maximum atomic E-state index is 12.0. The third-order valence-electron chi connectivity index (χ3n) is 2.52. The fourth-order valence-corrected chi connectivity index (χ4v) is 3.20. The van der Waals surface area contributed by atoms with Gasteiger partial charge in [-0.3, -0.25) is 14.9 Å². The summed E-state index contributed by atoms with van der Waals surface area (Å²) < 4.78 is 29.0. The largest absolute Gasteiger partial charge is 0.435 e. The molecule has 0 radical (unpaired) electrons. The van der Waals surface area contributed by atoms with E-state index in [2.05, 4.69) is 15.0 Å². The minimum atomic E-state index is -2.93. The van der Waals surface area contributed by atoms with Gasteiger partial charge >= 0.3 is 6.61 Å². The first-order chi connectivity index (χ1) is 10.9. The number of aromatic nitrogens is 1. The molecule has 0 atom stereocenters. The summed E-state index contributed by atoms with van der Waals surface area (Å²) in [4.78, 5) is 27.8. The fourth-order valence-electron chi connectivity index (χ4n) is 1.55. The Kier molecular flexibility index (Phi) is 6.05. The highest BCUT2D eigenvalue weighted by molar-refractivity contribution is 8.01. The van der Waals surface area contributed by atoms with Crippen molar-refractivity contribution in [2.75, 3.05) is 5.75 Å². The maximum absolute atomic E-state index is 12.0. The Morgan fingerprint density at radius 2 is 2.04 bits per heavy atom. The molecule has 0 unspecified atom stereocenters. The Morgan fingerprint density at radius 3 is 2.61 bits per heavy atom. The van der Waals surface area contributed by atoms with Gasteiger partial charge in [0.1, 0.15) is 5.75 Å². The summed E-state index contributed by atoms with van der Waals surface area (Å²) in [7, 11) is 0. The van der Waals surface area contributed by atoms with Crippen molar-refractivity contribution in [1.29, 1.82) is 0 Å². The molecule has 1 aromatic heterocycles. The predicted molar refractivity (Wildman–Crippen MR) is 83.1 cm³/mol. The van der Waals surface area contributed by atoms with Crippen molar-refractivity contribution in [3.8, 4) is 5.75 Å². The minimum absolute atomic E-state index is 0.0578. The summed E-state index contributed by atoms with van der Waals surface area (Å²) >= 11 is 2.66. The molecule has 0 aliphatic heterocycles. The SMILES string of the molecule is Cc1csc(SCC(=O)NC(=O)c2ccc(OC(F)F)cc2)n1. The first kappa shape index (κ1) is 17.4. The van der Waals surface area contributed by atoms with Crippen LogP contribution in [0.1, 0.15) is 16.1 Å². The summed E-state index contributed by atoms with van der Waals surface area (Å²) in [5, 5.41) is 4.09. The topological polar surface area (TPSA) is 68.3 Å². The summed E-state index contributed by atoms with van der Waals surface area (Å²) in [5.41, 5.74) is 1.05. The van der Waals surface area contributed by atoms with Crippen molar-refractivity contribution in [1.82, 2.24) is 10.3 Å². The molecule has 1 aromatic carbocycles. The number of benzene rings is 1. The highest BCUT2D eigenvalue weighted by Crippen LogP contribution is 2.22. The van der Waals surface area contributed by atoms with Crippen LogP contribution >= 0.6 is 23.1 Å². The van der Waals surface area contributed by atoms with E-state index < -0.39 is 18.4 Å². The highest BCUT2D eigenvalue weighted by Gasteiger charge is 2.12. The quantitative estimate of drug-likeness (QED) is 0.804. The zero-order chi connectivity index (χ0) is 16.8. The van der Waals surface area contributed by atoms with Crippen molar-refractivity contribution < 1.29 is 23.1 Å². The second-order valence-corrected chi connectivity index (χ2v) is 6.40. The number of hydrogen-bond donors (Lipinski definition) is 1. The molecule has 0 spiro atoms. The van der Waals surface area contributed by atoms with Crippen LogP contribution in [0.5, 0.6) is 5.75 Å². The number of carbonyl (C=O) groups excluding carboxylic acids is 2. The number of thioether (sulfide) groups is 1. The number of thiazole rings is 1. The lowest BCUT2D eigenvalue weighted by molar-refractivity contribution is -0.117. The van der Waals surface area contributed by atoms with Gasteiger partial charge in [0.2, 0.25) is 5.91 Å². The standard InChI is InChI=1S/C14H12F2N2O3S2/c1-8-6-22-14(17-8)23-7-11(19)18-12(20)9-2-4-10(5-3-9)21-13(15)16/h2-6,13H,7H2,1H3,(H,18,19,20). The Labute approximate surface area is 139 Å². The number of imide groups is 1. The van der Waals surface area contributed by atoms with Gasteiger partial charge in [-0.15, -0.1) is 11.3 Å². The number of nitrogens with one attached hydrogen (secondary N) is 1. The van der Waals surface area contributed by atoms with Crippen LogP contribution < -0.4 is 10.1 Å². The Hall–Kier alpha value is -2.00. The third kappa shape index (κ3) is 5.61. The van der Waals surface area contributed by atoms with E-state index >= 15 is 0 Å². The van der Waals surface area contributed by atoms with Crippen LogP contribution in [0.2, 0.25) is 0 Å². The van der Waals surface area contributed by atoms with E-state index in [4.69, 9.17) is 0 Å². The first-order valence-electron chi connectivity index (χ1n) is 6.38. The average Bonchev–Trinajstić information content (AvgIpc) is 2.91. The van der Waals surface area contributed by atoms with Crippen LogP contribution in [0.4, 0.5) is 8.78 Å². The third-order valence-corrected chi connectivity index (χ3v) is 4.66. The lowest BCUT2D eigenvalue weighted by Crippen LogP contribution is -2.31. The molecule has 1 N–H and O–H groups in total. The predicted octanol–water partition coefficient (Wildman–Crippen LogP) is 3.10. The normalized spacial score (nSPS) is 10.6. The van der Waals surface area contributed by atoms with Crippen LogP contribution in [-0.4, -0.2) is 29.2 Å². The van der Waals surface area contributed by atoms with Crippen molar-refractivity contribution >= 4 is 34.9 Å². The van der Waals surface area contributed by atoms with Crippen LogP contribution in [0.25, 0.3) is 0 Å². The number of carbonyl (C=O) groups is 2. The Balaban J connectivity index is 1.84. The lowest BCUT2D eigenvalue weighted by atomic mass is 10.2. The van der Waals surface area contributed by atoms with E-state index in [1.807, 2.05) is 12.3 Å². The fraction of sp³-hybridized carbons (Fsp3) is 0.214. The summed E-state index contributed by atoms with van der Waals surface area (Å²) in [6.07, 6.45) is 0. The van der Waals surface area contributed by atoms with Gasteiger partial charge in [0.15, 0.2) is 4.34 Å². The van der Waals surface area contributed by atoms with Gasteiger partial charge in [-0.1, -0.05) is 11.8 Å². The number of aryl methyl sites for hydroxylation is 1. The van der Waals surface area contributed by atoms with Gasteiger partial charge in [-0.25, -0.2) is 4.98 Å². The van der Waals surface area contributed by atoms with E-state index in [-0.39, 0.29) is 17.1 Å². The first-order valence-corrected chi connectivity index (χ1v) is 8.24. The molecule has 5 nitrogen and oxygen atoms in total. The van der Waals surface area contributed by atoms with Gasteiger partial charge in [-0.05, 0) is 31.2 Å². The zero-order valence-corrected chi connectivity index (χ0v) is 13.5. The molecule has 23 heavy (non-hydrogen) atoms. The molecule has 0 fully saturated rings. The van der Waals surface area contributed by atoms with Gasteiger partial charge in [0.25, 0.3) is 5.91 Å². The Morgan fingerprint density at radius 1 is 1.35 bits per heavy atom. The van der Waals surface area contributed by atoms with E-state index in [1.165, 1.54) is 47.4 Å². The lowest BCUT2D eigenvalue weighted by Gasteiger charge is -2.06. The molecule has 122 valence electrons. The molecule has 0 saturated carbocycles. The number of hydrogen-bond acceptors (Lipinski definition) is 6. The molecule has 2 amide bonds. The maximum Gasteiger partial charge on any atom is 0.387 e. The van der Waals surface area contributed by atoms with Crippen LogP contribution in [0, 0.1) is 6.92 Å². The van der Waals surface area contributed by atoms with E-state index in [0.717, 1.165) is 10.0 Å². The zero-order valence-electron chi connectivity index (χ0n) is 11.9. The van der Waals surface area contributed by atoms with Gasteiger partial charge in [-0.2, -0.15) is 8.78 Å². The number of amides is 2. The second-order valence-electron chi connectivity index (χ2n) is 4.32. The second kappa shape index (κ2) is 8.02. The van der Waals surface area contributed by atoms with Crippen LogP contribution in [0.3, 0.4) is 0 Å². The van der Waals surface area contributed by atoms with Gasteiger partial charge in [0.05, 0.1) is 5.75 Å². The van der Waals surface area contributed by atoms with Crippen LogP contribution in [-0.2, 0) is 4.79 Å². The van der Waals surface area contributed by atoms with Crippen molar-refractivity contribution in [3.05, 3.63) is 40.9 Å². The smallest absolute Gasteiger partial charge is 0.387 e. The number of halogens is 2. The van der Waals surface area contributed by atoms with E-state index in [1.54, 1.807) is 0 Å². The van der Waals surface area contributed by atoms with Crippen molar-refractivity contribution in [3.63, 3.8) is 0 Å². The molecule has 2 rings (SSSR count). The molecule has 0 bridgehead atoms. The molecule has 0 saturated heterocycles. The van der Waals surface area contributed by atoms with Crippen molar-refractivity contribution in [2.24, 2.45) is 0 Å². The average molecular weight is 358 g/mol. The molecule has 0 aliphatic carbocycles. The highest BCUT2D eigenvalue weighted by atomic mass is 32.2. The molecule has 0 aliphatic rings. The van der Waals surface area contributed by atoms with E-state index in [9.17, 15) is 18.4 Å². The summed E-state index contributed by atoms with van der Waals surface area (Å²) in [6.45, 7) is -1.08. The van der Waals surface area contributed by atoms with Gasteiger partial charge in [0, 0.05) is 16.6 Å². The molecule has 1 heterocycles. The number of alkyl halides is 2. The summed E-state index contributed by atoms with van der Waals surface area (Å²) in [6, 6.07) is 5.08. The molecular weight excluding hydrogens is 346 g/mol. The molecular formula is C14H12F2N2O3S2. The van der Waals surface area contributed by atoms with Crippen LogP contribution in [0.15, 0.2) is 34.0 Å². The number of ether oxygens (including phenoxy) is 1. The van der Waals surface area contributed by atoms with E-state index in [0.29, 0.717) is 0 Å². The minimum Gasteiger partial charge on any atom is -0.435 e. The number of rotatable bonds is 6. The van der Waals surface area contributed by atoms with Gasteiger partial charge < -0.3 is 4.74 Å². The van der Waals surface area contributed by atoms with Crippen molar-refractivity contribution in [2.45, 2.75) is 17.9 Å². The number of nitrogens with zero attached hydrogens (tertiary/aromatic N) is 1. The molecule has 2 aromatic rings. The molecule has 9 heteroatoms. The monoisotopic (exact) mass is 358 g/mol. The summed E-state index contributed by atoms with van der Waals surface area (Å²) in [5.74, 6) is -1.06. The Bertz CT molecular complexity index is 690.